The maximum Gasteiger partial charge on any atom is 0.246 e. The largest absolute Gasteiger partial charge is 0.472 e. The van der Waals surface area contributed by atoms with E-state index in [2.05, 4.69) is 9.97 Å². The normalized spacial score (nSPS) is 17.9. The van der Waals surface area contributed by atoms with Crippen molar-refractivity contribution in [1.82, 2.24) is 14.9 Å². The summed E-state index contributed by atoms with van der Waals surface area (Å²) < 4.78 is 5.91. The topological polar surface area (TPSA) is 55.3 Å². The van der Waals surface area contributed by atoms with E-state index < -0.39 is 0 Å². The van der Waals surface area contributed by atoms with Crippen LogP contribution < -0.4 is 4.74 Å². The molecule has 3 rings (SSSR count). The number of nitrogens with zero attached hydrogens (tertiary/aromatic N) is 3. The molecule has 5 nitrogen and oxygen atoms in total. The van der Waals surface area contributed by atoms with Crippen LogP contribution in [0.5, 0.6) is 5.88 Å². The number of rotatable bonds is 4. The number of piperidine rings is 1. The molecule has 0 saturated carbocycles. The third-order valence-electron chi connectivity index (χ3n) is 3.95. The quantitative estimate of drug-likeness (QED) is 0.812. The first-order valence-corrected chi connectivity index (χ1v) is 8.19. The molecule has 1 amide bonds. The lowest BCUT2D eigenvalue weighted by Crippen LogP contribution is -2.43. The number of carbonyl (C=O) groups is 1. The van der Waals surface area contributed by atoms with Crippen LogP contribution in [0.25, 0.3) is 6.08 Å². The van der Waals surface area contributed by atoms with Gasteiger partial charge in [0, 0.05) is 24.9 Å². The molecule has 1 aliphatic rings. The van der Waals surface area contributed by atoms with Crippen molar-refractivity contribution in [3.8, 4) is 5.88 Å². The van der Waals surface area contributed by atoms with Gasteiger partial charge < -0.3 is 9.64 Å². The van der Waals surface area contributed by atoms with Crippen molar-refractivity contribution >= 4 is 12.0 Å². The van der Waals surface area contributed by atoms with Crippen molar-refractivity contribution in [3.63, 3.8) is 0 Å². The maximum absolute atomic E-state index is 12.4. The van der Waals surface area contributed by atoms with Crippen LogP contribution in [0.15, 0.2) is 48.7 Å². The average molecular weight is 323 g/mol. The molecule has 0 radical (unpaired) electrons. The molecule has 2 aromatic rings. The van der Waals surface area contributed by atoms with Crippen molar-refractivity contribution in [3.05, 3.63) is 60.1 Å². The molecule has 1 saturated heterocycles. The minimum atomic E-state index is -0.0258. The van der Waals surface area contributed by atoms with E-state index in [1.807, 2.05) is 48.2 Å². The van der Waals surface area contributed by atoms with Crippen molar-refractivity contribution < 1.29 is 9.53 Å². The van der Waals surface area contributed by atoms with Gasteiger partial charge in [0.25, 0.3) is 0 Å². The molecule has 0 aliphatic carbocycles. The molecule has 24 heavy (non-hydrogen) atoms. The lowest BCUT2D eigenvalue weighted by atomic mass is 10.1. The molecular formula is C19H21N3O2. The second kappa shape index (κ2) is 7.73. The molecular weight excluding hydrogens is 302 g/mol. The molecule has 124 valence electrons. The number of aryl methyl sites for hydroxylation is 1. The Hall–Kier alpha value is -2.69. The molecule has 1 aromatic carbocycles. The Labute approximate surface area is 142 Å². The fourth-order valence-corrected chi connectivity index (χ4v) is 2.74. The van der Waals surface area contributed by atoms with Gasteiger partial charge in [-0.15, -0.1) is 0 Å². The Morgan fingerprint density at radius 3 is 2.92 bits per heavy atom. The van der Waals surface area contributed by atoms with Crippen LogP contribution >= 0.6 is 0 Å². The van der Waals surface area contributed by atoms with Gasteiger partial charge >= 0.3 is 0 Å². The fraction of sp³-hybridized carbons (Fsp3) is 0.316. The Morgan fingerprint density at radius 1 is 1.29 bits per heavy atom. The van der Waals surface area contributed by atoms with E-state index in [1.165, 1.54) is 0 Å². The summed E-state index contributed by atoms with van der Waals surface area (Å²) in [6.07, 6.45) is 7.00. The Morgan fingerprint density at radius 2 is 2.12 bits per heavy atom. The average Bonchev–Trinajstić information content (AvgIpc) is 2.61. The van der Waals surface area contributed by atoms with Gasteiger partial charge in [-0.1, -0.05) is 30.3 Å². The van der Waals surface area contributed by atoms with Crippen LogP contribution in [0.1, 0.15) is 24.2 Å². The van der Waals surface area contributed by atoms with Crippen molar-refractivity contribution in [1.29, 1.82) is 0 Å². The lowest BCUT2D eigenvalue weighted by Gasteiger charge is -2.32. The van der Waals surface area contributed by atoms with Gasteiger partial charge in [0.2, 0.25) is 11.8 Å². The van der Waals surface area contributed by atoms with Gasteiger partial charge in [-0.05, 0) is 31.4 Å². The number of hydrogen-bond acceptors (Lipinski definition) is 4. The third-order valence-corrected chi connectivity index (χ3v) is 3.95. The minimum absolute atomic E-state index is 0.0195. The molecule has 0 spiro atoms. The number of carbonyl (C=O) groups excluding carboxylic acids is 1. The first kappa shape index (κ1) is 16.2. The Balaban J connectivity index is 1.58. The van der Waals surface area contributed by atoms with E-state index in [0.717, 1.165) is 24.9 Å². The van der Waals surface area contributed by atoms with Crippen molar-refractivity contribution in [2.45, 2.75) is 25.9 Å². The Kier molecular flexibility index (Phi) is 5.21. The molecule has 0 N–H and O–H groups in total. The first-order valence-electron chi connectivity index (χ1n) is 8.19. The summed E-state index contributed by atoms with van der Waals surface area (Å²) in [6, 6.07) is 11.6. The number of benzene rings is 1. The summed E-state index contributed by atoms with van der Waals surface area (Å²) in [5.41, 5.74) is 1.02. The van der Waals surface area contributed by atoms with Crippen molar-refractivity contribution in [2.24, 2.45) is 0 Å². The number of amides is 1. The van der Waals surface area contributed by atoms with E-state index in [0.29, 0.717) is 18.2 Å². The third kappa shape index (κ3) is 4.41. The van der Waals surface area contributed by atoms with Crippen LogP contribution in [-0.2, 0) is 4.79 Å². The van der Waals surface area contributed by atoms with Crippen LogP contribution in [0.3, 0.4) is 0 Å². The second-order valence-electron chi connectivity index (χ2n) is 5.85. The summed E-state index contributed by atoms with van der Waals surface area (Å²) in [7, 11) is 0. The fourth-order valence-electron chi connectivity index (χ4n) is 2.74. The smallest absolute Gasteiger partial charge is 0.246 e. The van der Waals surface area contributed by atoms with Gasteiger partial charge in [-0.3, -0.25) is 4.79 Å². The van der Waals surface area contributed by atoms with E-state index in [4.69, 9.17) is 4.74 Å². The molecule has 0 bridgehead atoms. The zero-order chi connectivity index (χ0) is 16.8. The predicted molar refractivity (Wildman–Crippen MR) is 92.5 cm³/mol. The monoisotopic (exact) mass is 323 g/mol. The highest BCUT2D eigenvalue weighted by Crippen LogP contribution is 2.17. The summed E-state index contributed by atoms with van der Waals surface area (Å²) in [5.74, 6) is 1.27. The summed E-state index contributed by atoms with van der Waals surface area (Å²) in [4.78, 5) is 22.5. The summed E-state index contributed by atoms with van der Waals surface area (Å²) >= 11 is 0. The molecule has 1 aromatic heterocycles. The molecule has 1 aliphatic heterocycles. The molecule has 1 fully saturated rings. The molecule has 1 unspecified atom stereocenters. The lowest BCUT2D eigenvalue weighted by molar-refractivity contribution is -0.128. The summed E-state index contributed by atoms with van der Waals surface area (Å²) in [6.45, 7) is 3.18. The van der Waals surface area contributed by atoms with Crippen LogP contribution in [-0.4, -0.2) is 40.0 Å². The van der Waals surface area contributed by atoms with Crippen LogP contribution in [0.4, 0.5) is 0 Å². The standard InChI is InChI=1S/C19H21N3O2/c1-15-20-12-11-18(21-15)24-17-8-5-13-22(14-17)19(23)10-9-16-6-3-2-4-7-16/h2-4,6-7,9-12,17H,5,8,13-14H2,1H3/b10-9+. The number of aromatic nitrogens is 2. The maximum atomic E-state index is 12.4. The predicted octanol–water partition coefficient (Wildman–Crippen LogP) is 2.87. The number of hydrogen-bond donors (Lipinski definition) is 0. The van der Waals surface area contributed by atoms with Crippen molar-refractivity contribution in [2.75, 3.05) is 13.1 Å². The van der Waals surface area contributed by atoms with Gasteiger partial charge in [-0.2, -0.15) is 4.98 Å². The highest BCUT2D eigenvalue weighted by Gasteiger charge is 2.24. The molecule has 2 heterocycles. The van der Waals surface area contributed by atoms with Gasteiger partial charge in [0.15, 0.2) is 0 Å². The van der Waals surface area contributed by atoms with E-state index in [1.54, 1.807) is 18.3 Å². The number of likely N-dealkylation sites (tertiary alicyclic amines) is 1. The SMILES string of the molecule is Cc1nccc(OC2CCCN(C(=O)/C=C/c3ccccc3)C2)n1. The minimum Gasteiger partial charge on any atom is -0.472 e. The van der Waals surface area contributed by atoms with E-state index in [-0.39, 0.29) is 12.0 Å². The highest BCUT2D eigenvalue weighted by molar-refractivity contribution is 5.91. The van der Waals surface area contributed by atoms with Gasteiger partial charge in [0.1, 0.15) is 11.9 Å². The Bertz CT molecular complexity index is 716. The van der Waals surface area contributed by atoms with Gasteiger partial charge in [0.05, 0.1) is 6.54 Å². The molecule has 1 atom stereocenters. The second-order valence-corrected chi connectivity index (χ2v) is 5.85. The highest BCUT2D eigenvalue weighted by atomic mass is 16.5. The zero-order valence-electron chi connectivity index (χ0n) is 13.8. The molecule has 5 heteroatoms. The van der Waals surface area contributed by atoms with Crippen LogP contribution in [0, 0.1) is 6.92 Å². The van der Waals surface area contributed by atoms with E-state index in [9.17, 15) is 4.79 Å². The van der Waals surface area contributed by atoms with E-state index >= 15 is 0 Å². The summed E-state index contributed by atoms with van der Waals surface area (Å²) in [5, 5.41) is 0. The van der Waals surface area contributed by atoms with Gasteiger partial charge in [-0.25, -0.2) is 4.98 Å². The number of ether oxygens (including phenoxy) is 1. The van der Waals surface area contributed by atoms with Crippen LogP contribution in [0.2, 0.25) is 0 Å². The zero-order valence-corrected chi connectivity index (χ0v) is 13.8. The first-order chi connectivity index (χ1) is 11.7.